The van der Waals surface area contributed by atoms with Crippen LogP contribution in [0.15, 0.2) is 24.4 Å². The second kappa shape index (κ2) is 8.52. The summed E-state index contributed by atoms with van der Waals surface area (Å²) in [7, 11) is 0. The summed E-state index contributed by atoms with van der Waals surface area (Å²) in [6.07, 6.45) is 1.86. The highest BCUT2D eigenvalue weighted by Gasteiger charge is 2.21. The van der Waals surface area contributed by atoms with Gasteiger partial charge in [0.05, 0.1) is 27.8 Å². The lowest BCUT2D eigenvalue weighted by atomic mass is 10.1. The second-order valence-electron chi connectivity index (χ2n) is 6.21. The summed E-state index contributed by atoms with van der Waals surface area (Å²) in [5.41, 5.74) is 0.651. The smallest absolute Gasteiger partial charge is 0.256 e. The average Bonchev–Trinajstić information content (AvgIpc) is 2.65. The van der Waals surface area contributed by atoms with Crippen LogP contribution in [0.4, 0.5) is 5.82 Å². The average molecular weight is 431 g/mol. The van der Waals surface area contributed by atoms with Crippen LogP contribution in [0, 0.1) is 0 Å². The number of hydrogen-bond acceptors (Lipinski definition) is 5. The SMILES string of the molecule is CC1CN(c2ccc(CNC(=O)c3c(O)c(Cl)cc(Cl)c3Cl)cn2)CCO1. The standard InChI is InChI=1S/C18H18Cl3N3O3/c1-10-9-24(4-5-27-10)14-3-2-11(7-22-14)8-23-18(26)15-16(21)12(19)6-13(20)17(15)25/h2-3,6-7,10,25H,4-5,8-9H2,1H3,(H,23,26). The molecule has 2 aromatic rings. The van der Waals surface area contributed by atoms with E-state index in [9.17, 15) is 9.90 Å². The Kier molecular flexibility index (Phi) is 6.32. The number of anilines is 1. The molecule has 9 heteroatoms. The van der Waals surface area contributed by atoms with Gasteiger partial charge < -0.3 is 20.1 Å². The highest BCUT2D eigenvalue weighted by atomic mass is 35.5. The molecule has 0 bridgehead atoms. The Hall–Kier alpha value is -1.73. The van der Waals surface area contributed by atoms with E-state index in [1.54, 1.807) is 6.20 Å². The van der Waals surface area contributed by atoms with E-state index in [0.717, 1.165) is 24.5 Å². The molecule has 3 rings (SSSR count). The zero-order valence-electron chi connectivity index (χ0n) is 14.5. The Bertz CT molecular complexity index is 820. The van der Waals surface area contributed by atoms with Gasteiger partial charge in [0.2, 0.25) is 0 Å². The maximum absolute atomic E-state index is 12.4. The molecule has 0 aliphatic carbocycles. The van der Waals surface area contributed by atoms with Crippen LogP contribution < -0.4 is 10.2 Å². The molecule has 0 spiro atoms. The number of rotatable bonds is 4. The topological polar surface area (TPSA) is 74.7 Å². The van der Waals surface area contributed by atoms with Gasteiger partial charge in [-0.25, -0.2) is 4.98 Å². The van der Waals surface area contributed by atoms with Gasteiger partial charge in [-0.3, -0.25) is 4.79 Å². The Morgan fingerprint density at radius 3 is 2.81 bits per heavy atom. The van der Waals surface area contributed by atoms with E-state index >= 15 is 0 Å². The van der Waals surface area contributed by atoms with Crippen molar-refractivity contribution in [1.82, 2.24) is 10.3 Å². The first-order valence-electron chi connectivity index (χ1n) is 8.33. The maximum Gasteiger partial charge on any atom is 0.256 e. The summed E-state index contributed by atoms with van der Waals surface area (Å²) in [5, 5.41) is 12.7. The minimum absolute atomic E-state index is 0.0414. The van der Waals surface area contributed by atoms with Crippen molar-refractivity contribution in [3.8, 4) is 5.75 Å². The Labute approximate surface area is 172 Å². The first kappa shape index (κ1) is 20.0. The number of pyridine rings is 1. The van der Waals surface area contributed by atoms with Crippen molar-refractivity contribution in [3.63, 3.8) is 0 Å². The van der Waals surface area contributed by atoms with Gasteiger partial charge in [0.1, 0.15) is 17.1 Å². The van der Waals surface area contributed by atoms with Crippen molar-refractivity contribution in [1.29, 1.82) is 0 Å². The van der Waals surface area contributed by atoms with Gasteiger partial charge in [-0.2, -0.15) is 0 Å². The van der Waals surface area contributed by atoms with Gasteiger partial charge in [-0.15, -0.1) is 0 Å². The quantitative estimate of drug-likeness (QED) is 0.720. The highest BCUT2D eigenvalue weighted by Crippen LogP contribution is 2.38. The number of nitrogens with zero attached hydrogens (tertiary/aromatic N) is 2. The van der Waals surface area contributed by atoms with E-state index in [0.29, 0.717) is 6.61 Å². The number of phenols is 1. The van der Waals surface area contributed by atoms with Crippen LogP contribution in [-0.4, -0.2) is 41.8 Å². The number of ether oxygens (including phenoxy) is 1. The van der Waals surface area contributed by atoms with E-state index in [4.69, 9.17) is 39.5 Å². The molecule has 144 valence electrons. The third kappa shape index (κ3) is 4.58. The molecule has 1 aromatic heterocycles. The number of halogens is 3. The number of aromatic nitrogens is 1. The van der Waals surface area contributed by atoms with Crippen molar-refractivity contribution >= 4 is 46.5 Å². The molecule has 1 fully saturated rings. The number of aromatic hydroxyl groups is 1. The molecule has 2 heterocycles. The molecule has 1 amide bonds. The molecule has 1 aromatic carbocycles. The number of carbonyl (C=O) groups excluding carboxylic acids is 1. The molecular weight excluding hydrogens is 413 g/mol. The van der Waals surface area contributed by atoms with Gasteiger partial charge >= 0.3 is 0 Å². The Morgan fingerprint density at radius 1 is 1.37 bits per heavy atom. The second-order valence-corrected chi connectivity index (χ2v) is 7.40. The van der Waals surface area contributed by atoms with Gasteiger partial charge in [-0.05, 0) is 24.6 Å². The monoisotopic (exact) mass is 429 g/mol. The van der Waals surface area contributed by atoms with Crippen LogP contribution in [0.3, 0.4) is 0 Å². The third-order valence-electron chi connectivity index (χ3n) is 4.20. The summed E-state index contributed by atoms with van der Waals surface area (Å²) in [4.78, 5) is 19.0. The Morgan fingerprint density at radius 2 is 2.15 bits per heavy atom. The van der Waals surface area contributed by atoms with Crippen LogP contribution in [0.2, 0.25) is 15.1 Å². The van der Waals surface area contributed by atoms with E-state index in [-0.39, 0.29) is 33.3 Å². The largest absolute Gasteiger partial charge is 0.505 e. The normalized spacial score (nSPS) is 17.0. The first-order valence-corrected chi connectivity index (χ1v) is 9.46. The fourth-order valence-corrected chi connectivity index (χ4v) is 3.49. The van der Waals surface area contributed by atoms with Gasteiger partial charge in [0.15, 0.2) is 0 Å². The number of benzene rings is 1. The predicted octanol–water partition coefficient (Wildman–Crippen LogP) is 3.90. The van der Waals surface area contributed by atoms with Gasteiger partial charge in [-0.1, -0.05) is 40.9 Å². The van der Waals surface area contributed by atoms with Gasteiger partial charge in [0.25, 0.3) is 5.91 Å². The maximum atomic E-state index is 12.4. The number of amides is 1. The Balaban J connectivity index is 1.66. The minimum Gasteiger partial charge on any atom is -0.505 e. The molecule has 6 nitrogen and oxygen atoms in total. The molecular formula is C18H18Cl3N3O3. The number of hydrogen-bond donors (Lipinski definition) is 2. The predicted molar refractivity (Wildman–Crippen MR) is 106 cm³/mol. The number of nitrogens with one attached hydrogen (secondary N) is 1. The molecule has 1 unspecified atom stereocenters. The summed E-state index contributed by atoms with van der Waals surface area (Å²) in [6, 6.07) is 5.07. The molecule has 1 atom stereocenters. The van der Waals surface area contributed by atoms with Gasteiger partial charge in [0, 0.05) is 25.8 Å². The van der Waals surface area contributed by atoms with E-state index in [1.165, 1.54) is 6.07 Å². The lowest BCUT2D eigenvalue weighted by molar-refractivity contribution is 0.0529. The molecule has 0 radical (unpaired) electrons. The number of carbonyl (C=O) groups is 1. The summed E-state index contributed by atoms with van der Waals surface area (Å²) >= 11 is 17.8. The number of phenolic OH excluding ortho intramolecular Hbond substituents is 1. The third-order valence-corrected chi connectivity index (χ3v) is 5.28. The fraction of sp³-hybridized carbons (Fsp3) is 0.333. The minimum atomic E-state index is -0.576. The summed E-state index contributed by atoms with van der Waals surface area (Å²) in [5.74, 6) is -0.117. The van der Waals surface area contributed by atoms with Crippen LogP contribution >= 0.6 is 34.8 Å². The zero-order valence-corrected chi connectivity index (χ0v) is 16.8. The highest BCUT2D eigenvalue weighted by molar-refractivity contribution is 6.45. The number of morpholine rings is 1. The van der Waals surface area contributed by atoms with E-state index in [2.05, 4.69) is 15.2 Å². The first-order chi connectivity index (χ1) is 12.9. The molecule has 0 saturated carbocycles. The van der Waals surface area contributed by atoms with E-state index in [1.807, 2.05) is 19.1 Å². The molecule has 1 saturated heterocycles. The summed E-state index contributed by atoms with van der Waals surface area (Å²) < 4.78 is 5.53. The fourth-order valence-electron chi connectivity index (χ4n) is 2.80. The van der Waals surface area contributed by atoms with Crippen LogP contribution in [0.5, 0.6) is 5.75 Å². The molecule has 1 aliphatic rings. The molecule has 2 N–H and O–H groups in total. The summed E-state index contributed by atoms with van der Waals surface area (Å²) in [6.45, 7) is 4.49. The van der Waals surface area contributed by atoms with E-state index < -0.39 is 11.7 Å². The van der Waals surface area contributed by atoms with Crippen molar-refractivity contribution in [2.24, 2.45) is 0 Å². The van der Waals surface area contributed by atoms with Crippen molar-refractivity contribution < 1.29 is 14.6 Å². The van der Waals surface area contributed by atoms with Crippen molar-refractivity contribution in [2.45, 2.75) is 19.6 Å². The van der Waals surface area contributed by atoms with Crippen molar-refractivity contribution in [3.05, 3.63) is 50.6 Å². The van der Waals surface area contributed by atoms with Crippen LogP contribution in [0.1, 0.15) is 22.8 Å². The lowest BCUT2D eigenvalue weighted by Crippen LogP contribution is -2.41. The lowest BCUT2D eigenvalue weighted by Gasteiger charge is -2.32. The van der Waals surface area contributed by atoms with Crippen LogP contribution in [-0.2, 0) is 11.3 Å². The molecule has 27 heavy (non-hydrogen) atoms. The van der Waals surface area contributed by atoms with Crippen molar-refractivity contribution in [2.75, 3.05) is 24.6 Å². The molecule has 1 aliphatic heterocycles. The zero-order chi connectivity index (χ0) is 19.6. The van der Waals surface area contributed by atoms with Crippen LogP contribution in [0.25, 0.3) is 0 Å².